The molecule has 1 atom stereocenters. The summed E-state index contributed by atoms with van der Waals surface area (Å²) < 4.78 is 23.9. The third kappa shape index (κ3) is 19.0. The van der Waals surface area contributed by atoms with Crippen molar-refractivity contribution in [2.45, 2.75) is 148 Å². The molecule has 1 aliphatic heterocycles. The van der Waals surface area contributed by atoms with Crippen LogP contribution < -0.4 is 0 Å². The summed E-state index contributed by atoms with van der Waals surface area (Å²) in [6.07, 6.45) is 29.5. The Balaban J connectivity index is 1.83. The van der Waals surface area contributed by atoms with Gasteiger partial charge in [-0.15, -0.1) is 0 Å². The summed E-state index contributed by atoms with van der Waals surface area (Å²) in [4.78, 5) is 10.0. The van der Waals surface area contributed by atoms with E-state index in [2.05, 4.69) is 33.0 Å². The largest absolute Gasteiger partial charge is 0.472 e. The van der Waals surface area contributed by atoms with Crippen molar-refractivity contribution in [1.82, 2.24) is 0 Å². The van der Waals surface area contributed by atoms with Gasteiger partial charge in [0.25, 0.3) is 0 Å². The molecule has 0 bridgehead atoms. The van der Waals surface area contributed by atoms with Crippen molar-refractivity contribution >= 4 is 7.82 Å². The van der Waals surface area contributed by atoms with Crippen molar-refractivity contribution in [3.63, 3.8) is 0 Å². The van der Waals surface area contributed by atoms with E-state index < -0.39 is 7.82 Å². The minimum absolute atomic E-state index is 0.148. The molecule has 1 rings (SSSR count). The SMILES string of the molecule is CCCCCCCCC=CCCCCCCCCCCCCOP(=O)(O)OC1CC[N+](C)(CC)CC1. The third-order valence-corrected chi connectivity index (χ3v) is 9.01. The Hall–Kier alpha value is -0.190. The van der Waals surface area contributed by atoms with Crippen molar-refractivity contribution in [3.05, 3.63) is 12.2 Å². The smallest absolute Gasteiger partial charge is 0.326 e. The fourth-order valence-corrected chi connectivity index (χ4v) is 6.05. The molecule has 1 aliphatic rings. The second-order valence-corrected chi connectivity index (χ2v) is 12.7. The van der Waals surface area contributed by atoms with Gasteiger partial charge in [0.1, 0.15) is 0 Å². The molecule has 0 radical (unpaired) electrons. The van der Waals surface area contributed by atoms with Crippen LogP contribution in [-0.4, -0.2) is 48.8 Å². The Kier molecular flexibility index (Phi) is 20.4. The van der Waals surface area contributed by atoms with Crippen LogP contribution in [0.15, 0.2) is 12.2 Å². The first kappa shape index (κ1) is 33.8. The van der Waals surface area contributed by atoms with Crippen LogP contribution in [0.2, 0.25) is 0 Å². The lowest BCUT2D eigenvalue weighted by Gasteiger charge is -2.39. The first-order valence-corrected chi connectivity index (χ1v) is 17.0. The molecule has 6 heteroatoms. The second kappa shape index (κ2) is 21.7. The number of phosphoric ester groups is 1. The minimum atomic E-state index is -3.92. The molecule has 0 amide bonds. The molecular weight excluding hydrogens is 469 g/mol. The molecule has 1 saturated heterocycles. The van der Waals surface area contributed by atoms with Gasteiger partial charge in [-0.25, -0.2) is 4.57 Å². The van der Waals surface area contributed by atoms with Gasteiger partial charge in [-0.2, -0.15) is 0 Å². The zero-order chi connectivity index (χ0) is 26.4. The molecule has 0 aromatic rings. The van der Waals surface area contributed by atoms with Crippen LogP contribution >= 0.6 is 7.82 Å². The Morgan fingerprint density at radius 1 is 0.750 bits per heavy atom. The van der Waals surface area contributed by atoms with Gasteiger partial charge < -0.3 is 9.38 Å². The van der Waals surface area contributed by atoms with Crippen molar-refractivity contribution < 1.29 is 23.0 Å². The molecule has 214 valence electrons. The molecule has 1 heterocycles. The van der Waals surface area contributed by atoms with Gasteiger partial charge in [0, 0.05) is 12.8 Å². The lowest BCUT2D eigenvalue weighted by Crippen LogP contribution is -2.50. The number of rotatable bonds is 24. The predicted molar refractivity (Wildman–Crippen MR) is 154 cm³/mol. The van der Waals surface area contributed by atoms with Crippen LogP contribution in [0.1, 0.15) is 142 Å². The van der Waals surface area contributed by atoms with Crippen LogP contribution in [0.4, 0.5) is 0 Å². The number of allylic oxidation sites excluding steroid dienone is 2. The Labute approximate surface area is 224 Å². The van der Waals surface area contributed by atoms with Crippen LogP contribution in [-0.2, 0) is 13.6 Å². The topological polar surface area (TPSA) is 55.8 Å². The Bertz CT molecular complexity index is 575. The number of hydrogen-bond acceptors (Lipinski definition) is 3. The fraction of sp³-hybridized carbons (Fsp3) is 0.933. The van der Waals surface area contributed by atoms with Gasteiger partial charge in [-0.3, -0.25) is 9.05 Å². The molecule has 0 aliphatic carbocycles. The number of hydrogen-bond donors (Lipinski definition) is 1. The van der Waals surface area contributed by atoms with Crippen molar-refractivity contribution in [3.8, 4) is 0 Å². The van der Waals surface area contributed by atoms with Crippen LogP contribution in [0.25, 0.3) is 0 Å². The van der Waals surface area contributed by atoms with Gasteiger partial charge in [0.2, 0.25) is 0 Å². The van der Waals surface area contributed by atoms with E-state index in [1.807, 2.05) is 0 Å². The first-order chi connectivity index (χ1) is 17.4. The van der Waals surface area contributed by atoms with Crippen LogP contribution in [0.5, 0.6) is 0 Å². The molecule has 1 N–H and O–H groups in total. The average molecular weight is 531 g/mol. The highest BCUT2D eigenvalue weighted by atomic mass is 31.2. The summed E-state index contributed by atoms with van der Waals surface area (Å²) in [6.45, 7) is 7.88. The van der Waals surface area contributed by atoms with Gasteiger partial charge in [-0.1, -0.05) is 103 Å². The molecule has 1 unspecified atom stereocenters. The minimum Gasteiger partial charge on any atom is -0.326 e. The fourth-order valence-electron chi connectivity index (χ4n) is 5.04. The van der Waals surface area contributed by atoms with Gasteiger partial charge >= 0.3 is 7.82 Å². The molecule has 36 heavy (non-hydrogen) atoms. The summed E-state index contributed by atoms with van der Waals surface area (Å²) in [7, 11) is -1.68. The zero-order valence-electron chi connectivity index (χ0n) is 24.3. The maximum atomic E-state index is 12.2. The monoisotopic (exact) mass is 530 g/mol. The Morgan fingerprint density at radius 3 is 1.67 bits per heavy atom. The molecule has 1 fully saturated rings. The lowest BCUT2D eigenvalue weighted by atomic mass is 10.1. The number of quaternary nitrogens is 1. The van der Waals surface area contributed by atoms with E-state index in [9.17, 15) is 9.46 Å². The normalized spacial score (nSPS) is 22.3. The van der Waals surface area contributed by atoms with Gasteiger partial charge in [0.15, 0.2) is 0 Å². The van der Waals surface area contributed by atoms with E-state index in [0.717, 1.165) is 49.8 Å². The maximum Gasteiger partial charge on any atom is 0.472 e. The zero-order valence-corrected chi connectivity index (χ0v) is 25.2. The summed E-state index contributed by atoms with van der Waals surface area (Å²) in [5, 5.41) is 0. The number of phosphoric acid groups is 1. The predicted octanol–water partition coefficient (Wildman–Crippen LogP) is 9.35. The van der Waals surface area contributed by atoms with Crippen molar-refractivity contribution in [1.29, 1.82) is 0 Å². The molecule has 0 aromatic heterocycles. The molecule has 0 saturated carbocycles. The number of piperidine rings is 1. The van der Waals surface area contributed by atoms with Crippen molar-refractivity contribution in [2.24, 2.45) is 0 Å². The Morgan fingerprint density at radius 2 is 1.19 bits per heavy atom. The van der Waals surface area contributed by atoms with E-state index in [1.165, 1.54) is 103 Å². The highest BCUT2D eigenvalue weighted by Gasteiger charge is 2.34. The van der Waals surface area contributed by atoms with Gasteiger partial charge in [-0.05, 0) is 39.0 Å². The molecule has 0 spiro atoms. The molecule has 0 aromatic carbocycles. The summed E-state index contributed by atoms with van der Waals surface area (Å²) in [5.74, 6) is 0. The van der Waals surface area contributed by atoms with Crippen molar-refractivity contribution in [2.75, 3.05) is 33.3 Å². The summed E-state index contributed by atoms with van der Waals surface area (Å²) in [5.41, 5.74) is 0. The van der Waals surface area contributed by atoms with Gasteiger partial charge in [0.05, 0.1) is 39.4 Å². The maximum absolute atomic E-state index is 12.2. The number of nitrogens with zero attached hydrogens (tertiary/aromatic N) is 1. The van der Waals surface area contributed by atoms with E-state index in [0.29, 0.717) is 6.61 Å². The molecule has 5 nitrogen and oxygen atoms in total. The van der Waals surface area contributed by atoms with E-state index in [-0.39, 0.29) is 6.10 Å². The summed E-state index contributed by atoms with van der Waals surface area (Å²) >= 11 is 0. The highest BCUT2D eigenvalue weighted by Crippen LogP contribution is 2.46. The summed E-state index contributed by atoms with van der Waals surface area (Å²) in [6, 6.07) is 0. The van der Waals surface area contributed by atoms with Crippen LogP contribution in [0.3, 0.4) is 0 Å². The standard InChI is InChI=1S/C30H60NO4P/c1-4-6-7-8-9-10-11-12-13-14-15-16-17-18-19-20-21-22-23-24-29-34-36(32,33)35-30-25-27-31(3,5-2)28-26-30/h12-13,30H,4-11,14-29H2,1-3H3/p+1. The van der Waals surface area contributed by atoms with E-state index in [4.69, 9.17) is 9.05 Å². The first-order valence-electron chi connectivity index (χ1n) is 15.5. The second-order valence-electron chi connectivity index (χ2n) is 11.3. The number of unbranched alkanes of at least 4 members (excludes halogenated alkanes) is 16. The molecular formula is C30H61NO4P+. The average Bonchev–Trinajstić information content (AvgIpc) is 2.86. The quantitative estimate of drug-likeness (QED) is 0.0584. The number of likely N-dealkylation sites (tertiary alicyclic amines) is 1. The lowest BCUT2D eigenvalue weighted by molar-refractivity contribution is -0.913. The van der Waals surface area contributed by atoms with E-state index >= 15 is 0 Å². The van der Waals surface area contributed by atoms with E-state index in [1.54, 1.807) is 0 Å². The van der Waals surface area contributed by atoms with Crippen LogP contribution in [0, 0.1) is 0 Å². The highest BCUT2D eigenvalue weighted by molar-refractivity contribution is 7.47. The third-order valence-electron chi connectivity index (χ3n) is 7.94.